The van der Waals surface area contributed by atoms with Crippen LogP contribution in [0, 0.1) is 11.8 Å². The van der Waals surface area contributed by atoms with Crippen molar-refractivity contribution in [1.82, 2.24) is 38.9 Å². The van der Waals surface area contributed by atoms with E-state index in [1.807, 2.05) is 136 Å². The van der Waals surface area contributed by atoms with Gasteiger partial charge in [0.15, 0.2) is 0 Å². The lowest BCUT2D eigenvalue weighted by molar-refractivity contribution is -0.143. The minimum Gasteiger partial charge on any atom is -0.481 e. The number of carbonyl (C=O) groups is 4. The molecule has 2 fully saturated rings. The molecule has 3 amide bonds. The number of para-hydroxylation sites is 4. The fraction of sp³-hybridized carbons (Fsp3) is 0.268. The topological polar surface area (TPSA) is 305 Å². The highest BCUT2D eigenvalue weighted by Crippen LogP contribution is 2.38. The zero-order chi connectivity index (χ0) is 72.5. The van der Waals surface area contributed by atoms with Gasteiger partial charge in [-0.3, -0.25) is 14.0 Å². The highest BCUT2D eigenvalue weighted by molar-refractivity contribution is 7.52. The summed E-state index contributed by atoms with van der Waals surface area (Å²) in [5, 5.41) is 21.4. The number of amides is 3. The molecule has 2 aliphatic rings. The molecule has 2 aliphatic heterocycles. The summed E-state index contributed by atoms with van der Waals surface area (Å²) < 4.78 is 63.6. The van der Waals surface area contributed by atoms with Crippen molar-refractivity contribution >= 4 is 127 Å². The number of nitrogen functional groups attached to an aromatic ring is 1. The standard InChI is InChI=1S/C35H35ClN6O3.C24H18ClN5.C11H19NO4.CH3F.2O2S/c1-35(2,3)45-34(44)41-18-10-11-23(21-41)32(43)38-24-12-9-13-25(19-24)39-33-37-20-29(36)31(40-33)28-22-42(26-14-5-4-6-15-26)30-17-8-7-16-27(28)30;25-21-14-27-24(28-17-8-6-7-16(26)13-17)29-23(21)20-15-30(18-9-2-1-3-10-18)22-12-5-4-11-19(20)22;1-11(2,3)16-10(15)12-6-4-5-8(7-12)9(13)14;1-2;2*1-3-2/h4-9,12-17,19-20,22-23H,10-11,18,21H2,1-3H3,(H,38,43)(H,37,39,40);1-15H,26H2,(H,27,28,29);8H,4-7H2,1-3H3,(H,13,14);1H3;;/t23-;;8-;;;/m1.1.../s1/i;;;1D;;. The van der Waals surface area contributed by atoms with Crippen molar-refractivity contribution in [3.8, 4) is 33.9 Å². The van der Waals surface area contributed by atoms with Crippen LogP contribution in [0.25, 0.3) is 55.7 Å². The molecule has 0 radical (unpaired) electrons. The first-order valence-corrected chi connectivity index (χ1v) is 33.0. The Balaban J connectivity index is 0.000000218. The number of piperidine rings is 2. The van der Waals surface area contributed by atoms with Crippen molar-refractivity contribution in [3.63, 3.8) is 0 Å². The van der Waals surface area contributed by atoms with Crippen LogP contribution in [0.3, 0.4) is 0 Å². The van der Waals surface area contributed by atoms with E-state index in [9.17, 15) is 23.6 Å². The highest BCUT2D eigenvalue weighted by Gasteiger charge is 2.33. The Morgan fingerprint density at radius 3 is 1.41 bits per heavy atom. The van der Waals surface area contributed by atoms with Gasteiger partial charge in [0, 0.05) is 94.6 Å². The maximum atomic E-state index is 13.2. The maximum Gasteiger partial charge on any atom is 0.410 e. The van der Waals surface area contributed by atoms with Gasteiger partial charge in [-0.25, -0.2) is 29.5 Å². The fourth-order valence-electron chi connectivity index (χ4n) is 10.7. The zero-order valence-electron chi connectivity index (χ0n) is 56.0. The summed E-state index contributed by atoms with van der Waals surface area (Å²) in [4.78, 5) is 69.6. The van der Waals surface area contributed by atoms with Gasteiger partial charge in [-0.1, -0.05) is 108 Å². The van der Waals surface area contributed by atoms with E-state index in [0.717, 1.165) is 62.8 Å². The van der Waals surface area contributed by atoms with Crippen molar-refractivity contribution in [3.05, 3.63) is 193 Å². The Kier molecular flexibility index (Phi) is 27.2. The maximum absolute atomic E-state index is 13.2. The van der Waals surface area contributed by atoms with Crippen molar-refractivity contribution in [2.75, 3.05) is 55.0 Å². The number of likely N-dealkylation sites (tertiary alicyclic amines) is 2. The molecule has 0 aliphatic carbocycles. The molecule has 0 unspecified atom stereocenters. The van der Waals surface area contributed by atoms with Gasteiger partial charge in [0.25, 0.3) is 0 Å². The van der Waals surface area contributed by atoms with Crippen molar-refractivity contribution < 1.29 is 56.4 Å². The first-order chi connectivity index (χ1) is 47.9. The SMILES string of the molecule is CC(C)(C)OC(=O)N1CCC[C@@H](C(=O)Nc2cccc(Nc3ncc(Cl)c(-c4cn(-c5ccccc5)c5ccccc45)n3)c2)C1.CC(C)(C)OC(=O)N1CCC[C@@H](C(=O)O)C1.Nc1cccc(Nc2ncc(Cl)c(-c3cn(-c4ccccc4)c4ccccc34)n2)c1.O=S=O.O=S=O.[2H]CF. The summed E-state index contributed by atoms with van der Waals surface area (Å²) in [5.74, 6) is -0.941. The molecule has 6 N–H and O–H groups in total. The number of rotatable bonds is 11. The Labute approximate surface area is 590 Å². The third kappa shape index (κ3) is 21.8. The summed E-state index contributed by atoms with van der Waals surface area (Å²) in [5.41, 5.74) is 14.9. The minimum absolute atomic E-state index is 0.139. The lowest BCUT2D eigenvalue weighted by Gasteiger charge is -2.33. The van der Waals surface area contributed by atoms with Crippen LogP contribution in [0.1, 0.15) is 68.6 Å². The molecule has 23 nitrogen and oxygen atoms in total. The van der Waals surface area contributed by atoms with Gasteiger partial charge in [-0.05, 0) is 140 Å². The van der Waals surface area contributed by atoms with Crippen LogP contribution >= 0.6 is 23.2 Å². The highest BCUT2D eigenvalue weighted by atomic mass is 35.5. The zero-order valence-corrected chi connectivity index (χ0v) is 58.1. The normalized spacial score (nSPS) is 14.1. The summed E-state index contributed by atoms with van der Waals surface area (Å²) in [6.45, 7) is 12.6. The third-order valence-electron chi connectivity index (χ3n) is 14.9. The molecule has 6 aromatic carbocycles. The number of halogens is 3. The number of hydrogen-bond acceptors (Lipinski definition) is 17. The molecule has 10 aromatic rings. The average Bonchev–Trinajstić information content (AvgIpc) is 1.62. The summed E-state index contributed by atoms with van der Waals surface area (Å²) in [7, 11) is -1.00. The van der Waals surface area contributed by atoms with E-state index in [0.29, 0.717) is 82.9 Å². The van der Waals surface area contributed by atoms with Crippen molar-refractivity contribution in [2.24, 2.45) is 11.8 Å². The van der Waals surface area contributed by atoms with Crippen LogP contribution in [-0.4, -0.2) is 129 Å². The van der Waals surface area contributed by atoms with Gasteiger partial charge in [0.2, 0.25) is 17.8 Å². The van der Waals surface area contributed by atoms with Crippen LogP contribution in [0.4, 0.5) is 48.6 Å². The van der Waals surface area contributed by atoms with Gasteiger partial charge in [-0.2, -0.15) is 16.8 Å². The quantitative estimate of drug-likeness (QED) is 0.0752. The molecule has 12 rings (SSSR count). The Morgan fingerprint density at radius 2 is 0.980 bits per heavy atom. The predicted octanol–water partition coefficient (Wildman–Crippen LogP) is 15.1. The summed E-state index contributed by atoms with van der Waals surface area (Å²) >= 11 is 11.7. The number of nitrogens with one attached hydrogen (secondary N) is 3. The van der Waals surface area contributed by atoms with Crippen LogP contribution in [0.5, 0.6) is 0 Å². The van der Waals surface area contributed by atoms with E-state index in [1.54, 1.807) is 38.1 Å². The lowest BCUT2D eigenvalue weighted by Crippen LogP contribution is -2.45. The number of hydrogen-bond donors (Lipinski definition) is 5. The molecule has 0 saturated carbocycles. The molecule has 28 heteroatoms. The number of nitrogens with two attached hydrogens (primary N) is 1. The number of aliphatic carboxylic acids is 1. The fourth-order valence-corrected chi connectivity index (χ4v) is 11.1. The number of fused-ring (bicyclic) bond motifs is 2. The molecular formula is C71H75Cl2FN12O11S2. The monoisotopic (exact) mass is 1430 g/mol. The lowest BCUT2D eigenvalue weighted by atomic mass is 9.97. The van der Waals surface area contributed by atoms with E-state index < -0.39 is 65.6 Å². The van der Waals surface area contributed by atoms with E-state index in [2.05, 4.69) is 89.8 Å². The largest absolute Gasteiger partial charge is 0.481 e. The molecule has 518 valence electrons. The van der Waals surface area contributed by atoms with Crippen LogP contribution in [-0.2, 0) is 42.2 Å². The second-order valence-corrected chi connectivity index (χ2v) is 25.3. The molecular weight excluding hydrogens is 1350 g/mol. The molecule has 2 saturated heterocycles. The van der Waals surface area contributed by atoms with Crippen LogP contribution in [0.15, 0.2) is 183 Å². The number of nitrogens with zero attached hydrogens (tertiary/aromatic N) is 8. The number of carbonyl (C=O) groups excluding carboxylic acids is 3. The molecule has 0 spiro atoms. The van der Waals surface area contributed by atoms with E-state index in [4.69, 9.17) is 71.7 Å². The Bertz CT molecular complexity index is 4490. The van der Waals surface area contributed by atoms with Crippen LogP contribution in [0.2, 0.25) is 10.0 Å². The second kappa shape index (κ2) is 36.3. The van der Waals surface area contributed by atoms with Crippen LogP contribution < -0.4 is 21.7 Å². The van der Waals surface area contributed by atoms with Crippen molar-refractivity contribution in [2.45, 2.75) is 78.4 Å². The number of carboxylic acids is 1. The van der Waals surface area contributed by atoms with E-state index in [1.165, 1.54) is 4.90 Å². The second-order valence-electron chi connectivity index (χ2n) is 24.3. The number of carboxylic acid groups (broad SMARTS) is 1. The summed E-state index contributed by atoms with van der Waals surface area (Å²) in [6.07, 6.45) is 9.30. The first-order valence-electron chi connectivity index (χ1n) is 31.6. The molecule has 99 heavy (non-hydrogen) atoms. The number of aromatic nitrogens is 6. The number of benzene rings is 6. The summed E-state index contributed by atoms with van der Waals surface area (Å²) in [6, 6.07) is 51.5. The molecule has 6 heterocycles. The van der Waals surface area contributed by atoms with E-state index in [-0.39, 0.29) is 18.4 Å². The number of ether oxygens (including phenoxy) is 2. The van der Waals surface area contributed by atoms with Gasteiger partial charge in [0.05, 0.1) is 65.2 Å². The van der Waals surface area contributed by atoms with Gasteiger partial charge < -0.3 is 55.2 Å². The molecule has 2 atom stereocenters. The van der Waals surface area contributed by atoms with Gasteiger partial charge in [0.1, 0.15) is 11.2 Å². The smallest absolute Gasteiger partial charge is 0.410 e. The number of alkyl halides is 1. The molecule has 0 bridgehead atoms. The predicted molar refractivity (Wildman–Crippen MR) is 385 cm³/mol. The first kappa shape index (κ1) is 74.4. The minimum atomic E-state index is -1.00. The van der Waals surface area contributed by atoms with Gasteiger partial charge in [-0.15, -0.1) is 0 Å². The number of anilines is 6. The third-order valence-corrected chi connectivity index (χ3v) is 15.4. The van der Waals surface area contributed by atoms with E-state index >= 15 is 0 Å². The Morgan fingerprint density at radius 1 is 0.586 bits per heavy atom. The molecule has 4 aromatic heterocycles. The average molecular weight is 1430 g/mol. The van der Waals surface area contributed by atoms with Gasteiger partial charge >= 0.3 is 41.3 Å². The Hall–Kier alpha value is -10.4. The van der Waals surface area contributed by atoms with Crippen molar-refractivity contribution in [1.29, 1.82) is 0 Å².